The van der Waals surface area contributed by atoms with E-state index >= 15 is 0 Å². The number of carbonyl (C=O) groups is 1. The SMILES string of the molecule is CN(CCCCc1ccccc1)C(=O)C1CNCCO1. The van der Waals surface area contributed by atoms with Crippen LogP contribution in [-0.4, -0.2) is 50.2 Å². The topological polar surface area (TPSA) is 41.6 Å². The van der Waals surface area contributed by atoms with Crippen LogP contribution in [0.2, 0.25) is 0 Å². The van der Waals surface area contributed by atoms with Gasteiger partial charge in [-0.15, -0.1) is 0 Å². The molecule has 0 spiro atoms. The summed E-state index contributed by atoms with van der Waals surface area (Å²) in [6.07, 6.45) is 2.90. The Balaban J connectivity index is 1.64. The molecule has 1 amide bonds. The maximum atomic E-state index is 12.1. The third-order valence-electron chi connectivity index (χ3n) is 3.63. The maximum absolute atomic E-state index is 12.1. The third kappa shape index (κ3) is 4.62. The number of aryl methyl sites for hydroxylation is 1. The normalized spacial score (nSPS) is 18.8. The number of hydrogen-bond acceptors (Lipinski definition) is 3. The molecule has 1 aliphatic rings. The monoisotopic (exact) mass is 276 g/mol. The fourth-order valence-corrected chi connectivity index (χ4v) is 2.40. The first-order valence-corrected chi connectivity index (χ1v) is 7.38. The Hall–Kier alpha value is -1.39. The standard InChI is InChI=1S/C16H24N2O2/c1-18(16(19)15-13-17-10-12-20-15)11-6-5-9-14-7-3-2-4-8-14/h2-4,7-8,15,17H,5-6,9-13H2,1H3. The van der Waals surface area contributed by atoms with Gasteiger partial charge in [-0.25, -0.2) is 0 Å². The molecular weight excluding hydrogens is 252 g/mol. The van der Waals surface area contributed by atoms with E-state index in [2.05, 4.69) is 29.6 Å². The van der Waals surface area contributed by atoms with Gasteiger partial charge >= 0.3 is 0 Å². The Morgan fingerprint density at radius 3 is 2.85 bits per heavy atom. The predicted molar refractivity (Wildman–Crippen MR) is 79.6 cm³/mol. The van der Waals surface area contributed by atoms with Crippen molar-refractivity contribution in [2.24, 2.45) is 0 Å². The van der Waals surface area contributed by atoms with Crippen LogP contribution in [0.25, 0.3) is 0 Å². The molecule has 0 aromatic heterocycles. The van der Waals surface area contributed by atoms with Crippen molar-refractivity contribution in [2.75, 3.05) is 33.3 Å². The Bertz CT molecular complexity index is 402. The van der Waals surface area contributed by atoms with E-state index in [1.54, 1.807) is 4.90 Å². The highest BCUT2D eigenvalue weighted by Gasteiger charge is 2.24. The van der Waals surface area contributed by atoms with Crippen molar-refractivity contribution in [3.05, 3.63) is 35.9 Å². The number of nitrogens with one attached hydrogen (secondary N) is 1. The van der Waals surface area contributed by atoms with Gasteiger partial charge in [0.1, 0.15) is 6.10 Å². The minimum absolute atomic E-state index is 0.0944. The fraction of sp³-hybridized carbons (Fsp3) is 0.562. The third-order valence-corrected chi connectivity index (χ3v) is 3.63. The van der Waals surface area contributed by atoms with E-state index in [1.807, 2.05) is 13.1 Å². The molecular formula is C16H24N2O2. The van der Waals surface area contributed by atoms with Gasteiger partial charge in [0.25, 0.3) is 5.91 Å². The lowest BCUT2D eigenvalue weighted by molar-refractivity contribution is -0.143. The van der Waals surface area contributed by atoms with Crippen molar-refractivity contribution in [1.82, 2.24) is 10.2 Å². The van der Waals surface area contributed by atoms with Crippen molar-refractivity contribution in [2.45, 2.75) is 25.4 Å². The first kappa shape index (κ1) is 15.0. The molecule has 1 fully saturated rings. The summed E-state index contributed by atoms with van der Waals surface area (Å²) < 4.78 is 5.48. The van der Waals surface area contributed by atoms with Crippen LogP contribution in [0.1, 0.15) is 18.4 Å². The first-order valence-electron chi connectivity index (χ1n) is 7.38. The second kappa shape index (κ2) is 8.02. The molecule has 0 saturated carbocycles. The summed E-state index contributed by atoms with van der Waals surface area (Å²) in [6.45, 7) is 2.89. The predicted octanol–water partition coefficient (Wildman–Crippen LogP) is 1.46. The van der Waals surface area contributed by atoms with Gasteiger partial charge in [-0.2, -0.15) is 0 Å². The largest absolute Gasteiger partial charge is 0.366 e. The van der Waals surface area contributed by atoms with Gasteiger partial charge in [-0.3, -0.25) is 4.79 Å². The van der Waals surface area contributed by atoms with E-state index < -0.39 is 0 Å². The quantitative estimate of drug-likeness (QED) is 0.800. The van der Waals surface area contributed by atoms with Gasteiger partial charge in [0.15, 0.2) is 0 Å². The van der Waals surface area contributed by atoms with Crippen molar-refractivity contribution in [1.29, 1.82) is 0 Å². The minimum atomic E-state index is -0.303. The number of carbonyl (C=O) groups excluding carboxylic acids is 1. The van der Waals surface area contributed by atoms with Gasteiger partial charge in [0, 0.05) is 26.7 Å². The van der Waals surface area contributed by atoms with E-state index in [4.69, 9.17) is 4.74 Å². The Kier molecular flexibility index (Phi) is 6.02. The number of unbranched alkanes of at least 4 members (excludes halogenated alkanes) is 1. The summed E-state index contributed by atoms with van der Waals surface area (Å²) in [6, 6.07) is 10.5. The molecule has 4 nitrogen and oxygen atoms in total. The van der Waals surface area contributed by atoms with E-state index in [0.29, 0.717) is 13.2 Å². The van der Waals surface area contributed by atoms with E-state index in [-0.39, 0.29) is 12.0 Å². The van der Waals surface area contributed by atoms with Crippen molar-refractivity contribution < 1.29 is 9.53 Å². The summed E-state index contributed by atoms with van der Waals surface area (Å²) >= 11 is 0. The molecule has 1 unspecified atom stereocenters. The Morgan fingerprint density at radius 1 is 1.35 bits per heavy atom. The summed E-state index contributed by atoms with van der Waals surface area (Å²) in [7, 11) is 1.86. The van der Waals surface area contributed by atoms with Crippen LogP contribution in [0.15, 0.2) is 30.3 Å². The number of amides is 1. The summed E-state index contributed by atoms with van der Waals surface area (Å²) in [5, 5.41) is 3.19. The number of hydrogen-bond donors (Lipinski definition) is 1. The average molecular weight is 276 g/mol. The zero-order chi connectivity index (χ0) is 14.2. The molecule has 1 aliphatic heterocycles. The molecule has 1 aromatic rings. The number of ether oxygens (including phenoxy) is 1. The molecule has 0 bridgehead atoms. The second-order valence-electron chi connectivity index (χ2n) is 5.27. The van der Waals surface area contributed by atoms with Gasteiger partial charge < -0.3 is 15.0 Å². The van der Waals surface area contributed by atoms with Crippen LogP contribution in [0, 0.1) is 0 Å². The molecule has 0 aliphatic carbocycles. The molecule has 1 heterocycles. The van der Waals surface area contributed by atoms with Crippen LogP contribution in [-0.2, 0) is 16.0 Å². The first-order chi connectivity index (χ1) is 9.77. The van der Waals surface area contributed by atoms with Crippen LogP contribution < -0.4 is 5.32 Å². The van der Waals surface area contributed by atoms with E-state index in [0.717, 1.165) is 32.4 Å². The van der Waals surface area contributed by atoms with Gasteiger partial charge in [-0.1, -0.05) is 30.3 Å². The van der Waals surface area contributed by atoms with Crippen molar-refractivity contribution in [3.8, 4) is 0 Å². The van der Waals surface area contributed by atoms with Gasteiger partial charge in [-0.05, 0) is 24.8 Å². The van der Waals surface area contributed by atoms with E-state index in [1.165, 1.54) is 5.56 Å². The molecule has 0 radical (unpaired) electrons. The zero-order valence-electron chi connectivity index (χ0n) is 12.2. The fourth-order valence-electron chi connectivity index (χ4n) is 2.40. The van der Waals surface area contributed by atoms with Crippen molar-refractivity contribution >= 4 is 5.91 Å². The van der Waals surface area contributed by atoms with Gasteiger partial charge in [0.05, 0.1) is 6.61 Å². The van der Waals surface area contributed by atoms with Crippen LogP contribution >= 0.6 is 0 Å². The van der Waals surface area contributed by atoms with Crippen LogP contribution in [0.4, 0.5) is 0 Å². The Labute approximate surface area is 121 Å². The molecule has 1 N–H and O–H groups in total. The molecule has 2 rings (SSSR count). The minimum Gasteiger partial charge on any atom is -0.366 e. The van der Waals surface area contributed by atoms with Crippen molar-refractivity contribution in [3.63, 3.8) is 0 Å². The number of benzene rings is 1. The Morgan fingerprint density at radius 2 is 2.15 bits per heavy atom. The highest BCUT2D eigenvalue weighted by molar-refractivity contribution is 5.81. The lowest BCUT2D eigenvalue weighted by Crippen LogP contribution is -2.48. The summed E-state index contributed by atoms with van der Waals surface area (Å²) in [4.78, 5) is 13.9. The average Bonchev–Trinajstić information content (AvgIpc) is 2.52. The molecule has 1 aromatic carbocycles. The number of likely N-dealkylation sites (N-methyl/N-ethyl adjacent to an activating group) is 1. The van der Waals surface area contributed by atoms with Crippen LogP contribution in [0.3, 0.4) is 0 Å². The summed E-state index contributed by atoms with van der Waals surface area (Å²) in [5.74, 6) is 0.0944. The second-order valence-corrected chi connectivity index (χ2v) is 5.27. The highest BCUT2D eigenvalue weighted by atomic mass is 16.5. The van der Waals surface area contributed by atoms with Gasteiger partial charge in [0.2, 0.25) is 0 Å². The summed E-state index contributed by atoms with van der Waals surface area (Å²) in [5.41, 5.74) is 1.36. The molecule has 1 atom stereocenters. The smallest absolute Gasteiger partial charge is 0.252 e. The highest BCUT2D eigenvalue weighted by Crippen LogP contribution is 2.06. The maximum Gasteiger partial charge on any atom is 0.252 e. The lowest BCUT2D eigenvalue weighted by Gasteiger charge is -2.27. The number of morpholine rings is 1. The zero-order valence-corrected chi connectivity index (χ0v) is 12.2. The molecule has 110 valence electrons. The molecule has 1 saturated heterocycles. The molecule has 4 heteroatoms. The van der Waals surface area contributed by atoms with Crippen LogP contribution in [0.5, 0.6) is 0 Å². The number of nitrogens with zero attached hydrogens (tertiary/aromatic N) is 1. The van der Waals surface area contributed by atoms with E-state index in [9.17, 15) is 4.79 Å². The number of rotatable bonds is 6. The lowest BCUT2D eigenvalue weighted by atomic mass is 10.1. The molecule has 20 heavy (non-hydrogen) atoms.